The van der Waals surface area contributed by atoms with Crippen molar-refractivity contribution in [1.82, 2.24) is 15.1 Å². The van der Waals surface area contributed by atoms with Crippen LogP contribution in [0.5, 0.6) is 0 Å². The minimum atomic E-state index is -1.03. The summed E-state index contributed by atoms with van der Waals surface area (Å²) in [6.07, 6.45) is 6.98. The summed E-state index contributed by atoms with van der Waals surface area (Å²) in [6, 6.07) is -0.368. The smallest absolute Gasteiger partial charge is 0.333 e. The lowest BCUT2D eigenvalue weighted by molar-refractivity contribution is -0.133. The molecule has 1 fully saturated rings. The zero-order valence-corrected chi connectivity index (χ0v) is 11.1. The zero-order valence-electron chi connectivity index (χ0n) is 11.1. The molecule has 106 valence electrons. The molecule has 0 aromatic rings. The molecule has 0 amide bonds. The van der Waals surface area contributed by atoms with Crippen molar-refractivity contribution in [3.8, 4) is 0 Å². The third-order valence-corrected chi connectivity index (χ3v) is 3.84. The van der Waals surface area contributed by atoms with E-state index >= 15 is 0 Å². The number of carboxylic acid groups (broad SMARTS) is 1. The minimum Gasteiger partial charge on any atom is -0.478 e. The maximum Gasteiger partial charge on any atom is 0.333 e. The Balaban J connectivity index is 1.81. The molecule has 6 heteroatoms. The van der Waals surface area contributed by atoms with Crippen LogP contribution >= 0.6 is 0 Å². The Morgan fingerprint density at radius 3 is 2.80 bits per heavy atom. The molecule has 0 bridgehead atoms. The molecular formula is C14H17N3O3. The van der Waals surface area contributed by atoms with Crippen molar-refractivity contribution >= 4 is 11.8 Å². The number of fused-ring (bicyclic) bond motifs is 1. The highest BCUT2D eigenvalue weighted by molar-refractivity contribution is 6.04. The highest BCUT2D eigenvalue weighted by Gasteiger charge is 2.31. The molecule has 1 atom stereocenters. The first kappa shape index (κ1) is 12.9. The van der Waals surface area contributed by atoms with E-state index in [9.17, 15) is 9.59 Å². The van der Waals surface area contributed by atoms with Gasteiger partial charge in [0.25, 0.3) is 0 Å². The minimum absolute atomic E-state index is 0.148. The van der Waals surface area contributed by atoms with Crippen molar-refractivity contribution in [3.05, 3.63) is 35.7 Å². The number of hydrogen-bond acceptors (Lipinski definition) is 5. The Labute approximate surface area is 117 Å². The first-order chi connectivity index (χ1) is 9.65. The molecule has 0 aromatic carbocycles. The van der Waals surface area contributed by atoms with E-state index < -0.39 is 5.97 Å². The number of rotatable bonds is 2. The maximum absolute atomic E-state index is 12.1. The molecule has 6 nitrogen and oxygen atoms in total. The van der Waals surface area contributed by atoms with Crippen LogP contribution in [0.3, 0.4) is 0 Å². The molecule has 0 spiro atoms. The van der Waals surface area contributed by atoms with Crippen LogP contribution in [0.25, 0.3) is 0 Å². The Bertz CT molecular complexity index is 530. The summed E-state index contributed by atoms with van der Waals surface area (Å²) in [7, 11) is 0. The van der Waals surface area contributed by atoms with Crippen LogP contribution in [0.15, 0.2) is 35.7 Å². The molecule has 3 aliphatic heterocycles. The van der Waals surface area contributed by atoms with E-state index in [4.69, 9.17) is 5.11 Å². The fourth-order valence-electron chi connectivity index (χ4n) is 2.74. The van der Waals surface area contributed by atoms with Crippen molar-refractivity contribution in [3.63, 3.8) is 0 Å². The van der Waals surface area contributed by atoms with Crippen molar-refractivity contribution < 1.29 is 14.7 Å². The number of carboxylic acids is 1. The van der Waals surface area contributed by atoms with Gasteiger partial charge in [-0.05, 0) is 18.2 Å². The summed E-state index contributed by atoms with van der Waals surface area (Å²) < 4.78 is 0. The lowest BCUT2D eigenvalue weighted by Crippen LogP contribution is -2.46. The summed E-state index contributed by atoms with van der Waals surface area (Å²) in [5.74, 6) is -1.19. The van der Waals surface area contributed by atoms with Crippen molar-refractivity contribution in [1.29, 1.82) is 0 Å². The second-order valence-corrected chi connectivity index (χ2v) is 5.14. The van der Waals surface area contributed by atoms with Gasteiger partial charge in [-0.25, -0.2) is 4.79 Å². The van der Waals surface area contributed by atoms with E-state index in [2.05, 4.69) is 10.2 Å². The number of piperazine rings is 1. The lowest BCUT2D eigenvalue weighted by Gasteiger charge is -2.37. The first-order valence-electron chi connectivity index (χ1n) is 6.74. The van der Waals surface area contributed by atoms with Crippen LogP contribution in [0.4, 0.5) is 0 Å². The van der Waals surface area contributed by atoms with E-state index in [1.165, 1.54) is 6.08 Å². The van der Waals surface area contributed by atoms with Gasteiger partial charge in [0.05, 0.1) is 12.1 Å². The second-order valence-electron chi connectivity index (χ2n) is 5.14. The maximum atomic E-state index is 12.1. The Morgan fingerprint density at radius 2 is 2.10 bits per heavy atom. The molecule has 1 saturated heterocycles. The predicted octanol–water partition coefficient (Wildman–Crippen LogP) is -0.433. The number of carbonyl (C=O) groups is 2. The van der Waals surface area contributed by atoms with E-state index in [0.717, 1.165) is 31.9 Å². The summed E-state index contributed by atoms with van der Waals surface area (Å²) in [5, 5.41) is 12.3. The SMILES string of the molecule is O=C(O)C1=CC(=O)C2C=C(N3CCNCC3)C=CN2C1. The normalized spacial score (nSPS) is 26.0. The van der Waals surface area contributed by atoms with E-state index in [1.54, 1.807) is 4.90 Å². The van der Waals surface area contributed by atoms with Crippen LogP contribution in [0.1, 0.15) is 0 Å². The van der Waals surface area contributed by atoms with Crippen LogP contribution in [-0.2, 0) is 9.59 Å². The highest BCUT2D eigenvalue weighted by atomic mass is 16.4. The summed E-state index contributed by atoms with van der Waals surface area (Å²) in [4.78, 5) is 27.1. The largest absolute Gasteiger partial charge is 0.478 e. The molecule has 0 radical (unpaired) electrons. The number of ketones is 1. The third-order valence-electron chi connectivity index (χ3n) is 3.84. The first-order valence-corrected chi connectivity index (χ1v) is 6.74. The summed E-state index contributed by atoms with van der Waals surface area (Å²) in [6.45, 7) is 4.00. The molecule has 0 aliphatic carbocycles. The van der Waals surface area contributed by atoms with Gasteiger partial charge < -0.3 is 20.2 Å². The number of hydrogen-bond donors (Lipinski definition) is 2. The monoisotopic (exact) mass is 275 g/mol. The molecule has 3 aliphatic rings. The number of nitrogens with one attached hydrogen (secondary N) is 1. The summed E-state index contributed by atoms with van der Waals surface area (Å²) in [5.41, 5.74) is 1.20. The van der Waals surface area contributed by atoms with Gasteiger partial charge in [0.1, 0.15) is 6.04 Å². The topological polar surface area (TPSA) is 72.9 Å². The number of allylic oxidation sites excluding steroid dienone is 1. The Morgan fingerprint density at radius 1 is 1.35 bits per heavy atom. The van der Waals surface area contributed by atoms with Gasteiger partial charge in [-0.1, -0.05) is 0 Å². The van der Waals surface area contributed by atoms with Gasteiger partial charge >= 0.3 is 5.97 Å². The zero-order chi connectivity index (χ0) is 14.1. The Kier molecular flexibility index (Phi) is 3.31. The number of nitrogens with zero attached hydrogens (tertiary/aromatic N) is 2. The number of aliphatic carboxylic acids is 1. The van der Waals surface area contributed by atoms with Gasteiger partial charge in [-0.3, -0.25) is 4.79 Å². The van der Waals surface area contributed by atoms with Crippen LogP contribution in [-0.4, -0.2) is 65.4 Å². The van der Waals surface area contributed by atoms with Crippen LogP contribution in [0, 0.1) is 0 Å². The third kappa shape index (κ3) is 2.34. The summed E-state index contributed by atoms with van der Waals surface area (Å²) >= 11 is 0. The van der Waals surface area contributed by atoms with Gasteiger partial charge in [0, 0.05) is 38.1 Å². The average Bonchev–Trinajstić information content (AvgIpc) is 2.47. The van der Waals surface area contributed by atoms with E-state index in [1.807, 2.05) is 18.4 Å². The standard InChI is InChI=1S/C14H17N3O3/c18-13-7-10(14(19)20)9-17-4-1-11(8-12(13)17)16-5-2-15-3-6-16/h1,4,7-8,12,15H,2-3,5-6,9H2,(H,19,20). The Hall–Kier alpha value is -2.08. The lowest BCUT2D eigenvalue weighted by atomic mass is 9.98. The van der Waals surface area contributed by atoms with Crippen LogP contribution in [0.2, 0.25) is 0 Å². The van der Waals surface area contributed by atoms with Gasteiger partial charge in [0.2, 0.25) is 0 Å². The fourth-order valence-corrected chi connectivity index (χ4v) is 2.74. The molecule has 2 N–H and O–H groups in total. The van der Waals surface area contributed by atoms with Crippen LogP contribution < -0.4 is 5.32 Å². The van der Waals surface area contributed by atoms with Gasteiger partial charge in [-0.15, -0.1) is 0 Å². The predicted molar refractivity (Wildman–Crippen MR) is 72.9 cm³/mol. The molecule has 3 rings (SSSR count). The van der Waals surface area contributed by atoms with Gasteiger partial charge in [0.15, 0.2) is 5.78 Å². The van der Waals surface area contributed by atoms with E-state index in [0.29, 0.717) is 0 Å². The second kappa shape index (κ2) is 5.13. The molecule has 0 aromatic heterocycles. The molecule has 3 heterocycles. The molecule has 0 saturated carbocycles. The van der Waals surface area contributed by atoms with Crippen molar-refractivity contribution in [2.45, 2.75) is 6.04 Å². The van der Waals surface area contributed by atoms with E-state index in [-0.39, 0.29) is 23.9 Å². The van der Waals surface area contributed by atoms with Crippen molar-refractivity contribution in [2.24, 2.45) is 0 Å². The fraction of sp³-hybridized carbons (Fsp3) is 0.429. The van der Waals surface area contributed by atoms with Gasteiger partial charge in [-0.2, -0.15) is 0 Å². The molecule has 20 heavy (non-hydrogen) atoms. The molecular weight excluding hydrogens is 258 g/mol. The van der Waals surface area contributed by atoms with Crippen molar-refractivity contribution in [2.75, 3.05) is 32.7 Å². The average molecular weight is 275 g/mol. The quantitative estimate of drug-likeness (QED) is 0.712. The highest BCUT2D eigenvalue weighted by Crippen LogP contribution is 2.23. The number of carbonyl (C=O) groups excluding carboxylic acids is 1. The molecule has 1 unspecified atom stereocenters.